The number of alkyl halides is 3. The number of hydrogen-bond acceptors (Lipinski definition) is 5. The normalized spacial score (nSPS) is 17.0. The van der Waals surface area contributed by atoms with Gasteiger partial charge in [-0.1, -0.05) is 55.0 Å². The zero-order valence-electron chi connectivity index (χ0n) is 21.2. The smallest absolute Gasteiger partial charge is 0.416 e. The number of rotatable bonds is 9. The molecule has 2 unspecified atom stereocenters. The molecule has 0 aromatic heterocycles. The van der Waals surface area contributed by atoms with Gasteiger partial charge in [-0.25, -0.2) is 0 Å². The molecule has 0 radical (unpaired) electrons. The maximum atomic E-state index is 14.2. The number of nitrogens with zero attached hydrogens (tertiary/aromatic N) is 1. The van der Waals surface area contributed by atoms with E-state index < -0.39 is 29.8 Å². The molecule has 9 heteroatoms. The van der Waals surface area contributed by atoms with Crippen LogP contribution >= 0.6 is 0 Å². The second-order valence-electron chi connectivity index (χ2n) is 9.10. The molecular formula is C29H30F3NO5. The van der Waals surface area contributed by atoms with Crippen LogP contribution in [0.25, 0.3) is 0 Å². The molecule has 6 nitrogen and oxygen atoms in total. The van der Waals surface area contributed by atoms with Gasteiger partial charge in [0.2, 0.25) is 5.75 Å². The van der Waals surface area contributed by atoms with Crippen molar-refractivity contribution in [3.05, 3.63) is 89.0 Å². The summed E-state index contributed by atoms with van der Waals surface area (Å²) in [5.41, 5.74) is 0.475. The van der Waals surface area contributed by atoms with E-state index in [-0.39, 0.29) is 23.7 Å². The lowest BCUT2D eigenvalue weighted by molar-refractivity contribution is -0.145. The van der Waals surface area contributed by atoms with Gasteiger partial charge in [-0.2, -0.15) is 13.2 Å². The number of hydrogen-bond donors (Lipinski definition) is 1. The fraction of sp³-hybridized carbons (Fsp3) is 0.345. The minimum absolute atomic E-state index is 0.0322. The molecule has 202 valence electrons. The fourth-order valence-corrected chi connectivity index (χ4v) is 5.00. The third kappa shape index (κ3) is 5.88. The van der Waals surface area contributed by atoms with E-state index in [4.69, 9.17) is 14.2 Å². The first-order valence-corrected chi connectivity index (χ1v) is 12.3. The molecule has 1 N–H and O–H groups in total. The van der Waals surface area contributed by atoms with Gasteiger partial charge in [0, 0.05) is 0 Å². The Balaban J connectivity index is 1.86. The van der Waals surface area contributed by atoms with Gasteiger partial charge in [0.15, 0.2) is 11.5 Å². The first-order valence-electron chi connectivity index (χ1n) is 12.3. The highest BCUT2D eigenvalue weighted by atomic mass is 19.4. The highest BCUT2D eigenvalue weighted by Crippen LogP contribution is 2.46. The fourth-order valence-electron chi connectivity index (χ4n) is 5.00. The summed E-state index contributed by atoms with van der Waals surface area (Å²) in [5.74, 6) is -0.220. The van der Waals surface area contributed by atoms with Crippen LogP contribution in [0, 0.1) is 0 Å². The van der Waals surface area contributed by atoms with Crippen molar-refractivity contribution in [2.45, 2.75) is 44.1 Å². The predicted molar refractivity (Wildman–Crippen MR) is 136 cm³/mol. The van der Waals surface area contributed by atoms with Crippen molar-refractivity contribution in [1.82, 2.24) is 4.90 Å². The minimum atomic E-state index is -4.63. The van der Waals surface area contributed by atoms with Crippen molar-refractivity contribution in [1.29, 1.82) is 0 Å². The summed E-state index contributed by atoms with van der Waals surface area (Å²) in [6, 6.07) is 16.0. The average molecular weight is 530 g/mol. The Morgan fingerprint density at radius 3 is 2.24 bits per heavy atom. The predicted octanol–water partition coefficient (Wildman–Crippen LogP) is 6.33. The van der Waals surface area contributed by atoms with Crippen LogP contribution < -0.4 is 14.2 Å². The summed E-state index contributed by atoms with van der Waals surface area (Å²) >= 11 is 0. The van der Waals surface area contributed by atoms with Gasteiger partial charge in [0.1, 0.15) is 12.6 Å². The number of aliphatic carboxylic acids is 1. The van der Waals surface area contributed by atoms with Crippen molar-refractivity contribution in [2.24, 2.45) is 0 Å². The summed E-state index contributed by atoms with van der Waals surface area (Å²) in [6.07, 6.45) is -2.94. The van der Waals surface area contributed by atoms with E-state index in [1.807, 2.05) is 30.3 Å². The molecule has 1 saturated heterocycles. The molecule has 38 heavy (non-hydrogen) atoms. The maximum absolute atomic E-state index is 14.2. The van der Waals surface area contributed by atoms with Crippen molar-refractivity contribution in [3.63, 3.8) is 0 Å². The number of halogens is 3. The molecule has 1 aliphatic heterocycles. The van der Waals surface area contributed by atoms with Crippen molar-refractivity contribution >= 4 is 5.97 Å². The molecule has 0 amide bonds. The number of benzene rings is 3. The minimum Gasteiger partial charge on any atom is -0.493 e. The molecule has 0 spiro atoms. The van der Waals surface area contributed by atoms with E-state index in [0.717, 1.165) is 11.6 Å². The average Bonchev–Trinajstić information content (AvgIpc) is 2.92. The lowest BCUT2D eigenvalue weighted by atomic mass is 9.88. The van der Waals surface area contributed by atoms with E-state index in [1.54, 1.807) is 17.0 Å². The zero-order chi connectivity index (χ0) is 27.3. The van der Waals surface area contributed by atoms with Crippen LogP contribution in [0.1, 0.15) is 47.6 Å². The Morgan fingerprint density at radius 2 is 1.63 bits per heavy atom. The summed E-state index contributed by atoms with van der Waals surface area (Å²) in [4.78, 5) is 13.8. The Labute approximate surface area is 219 Å². The first-order chi connectivity index (χ1) is 18.2. The molecule has 3 aromatic carbocycles. The van der Waals surface area contributed by atoms with Crippen molar-refractivity contribution < 1.29 is 37.3 Å². The Morgan fingerprint density at radius 1 is 1.00 bits per heavy atom. The molecular weight excluding hydrogens is 499 g/mol. The third-order valence-electron chi connectivity index (χ3n) is 6.75. The number of methoxy groups -OCH3 is 2. The van der Waals surface area contributed by atoms with Crippen LogP contribution in [0.3, 0.4) is 0 Å². The van der Waals surface area contributed by atoms with Gasteiger partial charge in [-0.05, 0) is 54.3 Å². The van der Waals surface area contributed by atoms with Gasteiger partial charge < -0.3 is 19.3 Å². The summed E-state index contributed by atoms with van der Waals surface area (Å²) < 4.78 is 59.7. The molecule has 0 aliphatic carbocycles. The van der Waals surface area contributed by atoms with Gasteiger partial charge in [-0.15, -0.1) is 0 Å². The number of ether oxygens (including phenoxy) is 3. The van der Waals surface area contributed by atoms with E-state index in [0.29, 0.717) is 37.1 Å². The van der Waals surface area contributed by atoms with E-state index in [1.165, 1.54) is 32.4 Å². The van der Waals surface area contributed by atoms with Gasteiger partial charge >= 0.3 is 12.1 Å². The van der Waals surface area contributed by atoms with Crippen LogP contribution in [-0.4, -0.2) is 42.8 Å². The van der Waals surface area contributed by atoms with Gasteiger partial charge in [-0.3, -0.25) is 9.69 Å². The van der Waals surface area contributed by atoms with Crippen molar-refractivity contribution in [3.8, 4) is 17.2 Å². The Bertz CT molecular complexity index is 1220. The quantitative estimate of drug-likeness (QED) is 0.349. The van der Waals surface area contributed by atoms with Crippen LogP contribution in [-0.2, 0) is 17.6 Å². The van der Waals surface area contributed by atoms with Crippen LogP contribution in [0.15, 0.2) is 66.7 Å². The molecule has 1 fully saturated rings. The number of carbonyl (C=O) groups is 1. The van der Waals surface area contributed by atoms with Crippen LogP contribution in [0.5, 0.6) is 17.2 Å². The zero-order valence-corrected chi connectivity index (χ0v) is 21.2. The first kappa shape index (κ1) is 27.3. The monoisotopic (exact) mass is 529 g/mol. The second kappa shape index (κ2) is 11.8. The lowest BCUT2D eigenvalue weighted by Gasteiger charge is -2.40. The molecule has 0 bridgehead atoms. The SMILES string of the molecule is COc1cc(C(c2ccccc2C(F)(F)F)N2CCCCC2C(=O)O)cc(OC)c1OCc1ccccc1. The number of piperidine rings is 1. The van der Waals surface area contributed by atoms with Gasteiger partial charge in [0.05, 0.1) is 25.8 Å². The van der Waals surface area contributed by atoms with Crippen molar-refractivity contribution in [2.75, 3.05) is 20.8 Å². The highest BCUT2D eigenvalue weighted by Gasteiger charge is 2.41. The third-order valence-corrected chi connectivity index (χ3v) is 6.75. The van der Waals surface area contributed by atoms with Gasteiger partial charge in [0.25, 0.3) is 0 Å². The summed E-state index contributed by atoms with van der Waals surface area (Å²) in [5, 5.41) is 9.97. The number of carboxylic acid groups (broad SMARTS) is 1. The number of carboxylic acids is 1. The molecule has 2 atom stereocenters. The highest BCUT2D eigenvalue weighted by molar-refractivity contribution is 5.74. The van der Waals surface area contributed by atoms with Crippen LogP contribution in [0.2, 0.25) is 0 Å². The number of likely N-dealkylation sites (tertiary alicyclic amines) is 1. The Hall–Kier alpha value is -3.72. The second-order valence-corrected chi connectivity index (χ2v) is 9.10. The molecule has 3 aromatic rings. The standard InChI is InChI=1S/C29H30F3NO5/c1-36-24-16-20(17-25(37-2)27(24)38-18-19-10-4-3-5-11-19)26(33-15-9-8-14-23(33)28(34)35)21-12-6-7-13-22(21)29(30,31)32/h3-7,10-13,16-17,23,26H,8-9,14-15,18H2,1-2H3,(H,34,35). The topological polar surface area (TPSA) is 68.2 Å². The van der Waals surface area contributed by atoms with Crippen LogP contribution in [0.4, 0.5) is 13.2 Å². The van der Waals surface area contributed by atoms with E-state index >= 15 is 0 Å². The van der Waals surface area contributed by atoms with E-state index in [2.05, 4.69) is 0 Å². The molecule has 1 heterocycles. The Kier molecular flexibility index (Phi) is 8.46. The molecule has 4 rings (SSSR count). The molecule has 0 saturated carbocycles. The lowest BCUT2D eigenvalue weighted by Crippen LogP contribution is -2.47. The van der Waals surface area contributed by atoms with E-state index in [9.17, 15) is 23.1 Å². The summed E-state index contributed by atoms with van der Waals surface area (Å²) in [6.45, 7) is 0.547. The summed E-state index contributed by atoms with van der Waals surface area (Å²) in [7, 11) is 2.88. The molecule has 1 aliphatic rings. The maximum Gasteiger partial charge on any atom is 0.416 e. The largest absolute Gasteiger partial charge is 0.493 e.